The Kier molecular flexibility index (Phi) is 7.28. The Balaban J connectivity index is 2.13. The average molecular weight is 329 g/mol. The third kappa shape index (κ3) is 6.88. The van der Waals surface area contributed by atoms with Crippen LogP contribution >= 0.6 is 12.6 Å². The number of sulfone groups is 1. The third-order valence-corrected chi connectivity index (χ3v) is 6.69. The first kappa shape index (κ1) is 18.6. The lowest BCUT2D eigenvalue weighted by Crippen LogP contribution is -2.30. The Morgan fingerprint density at radius 3 is 2.24 bits per heavy atom. The van der Waals surface area contributed by atoms with Crippen molar-refractivity contribution in [3.8, 4) is 0 Å². The highest BCUT2D eigenvalue weighted by molar-refractivity contribution is 7.92. The summed E-state index contributed by atoms with van der Waals surface area (Å²) >= 11 is 4.34. The van der Waals surface area contributed by atoms with Gasteiger partial charge in [-0.1, -0.05) is 31.4 Å². The normalized spacial score (nSPS) is 12.6. The summed E-state index contributed by atoms with van der Waals surface area (Å²) in [4.78, 5) is 1.01. The topological polar surface area (TPSA) is 34.1 Å². The molecule has 0 spiro atoms. The Morgan fingerprint density at radius 2 is 1.62 bits per heavy atom. The molecule has 0 amide bonds. The van der Waals surface area contributed by atoms with Gasteiger partial charge in [-0.3, -0.25) is 0 Å². The Labute approximate surface area is 135 Å². The Bertz CT molecular complexity index is 528. The first-order chi connectivity index (χ1) is 9.72. The van der Waals surface area contributed by atoms with E-state index in [-0.39, 0.29) is 0 Å². The van der Waals surface area contributed by atoms with Gasteiger partial charge in [0.25, 0.3) is 0 Å². The maximum Gasteiger partial charge on any atom is 0.155 e. The van der Waals surface area contributed by atoms with Crippen molar-refractivity contribution in [1.82, 2.24) is 0 Å². The van der Waals surface area contributed by atoms with Gasteiger partial charge >= 0.3 is 0 Å². The van der Waals surface area contributed by atoms with Crippen molar-refractivity contribution < 1.29 is 8.42 Å². The third-order valence-electron chi connectivity index (χ3n) is 3.72. The van der Waals surface area contributed by atoms with Crippen molar-refractivity contribution in [3.63, 3.8) is 0 Å². The van der Waals surface area contributed by atoms with Crippen LogP contribution in [-0.2, 0) is 16.3 Å². The second-order valence-corrected chi connectivity index (χ2v) is 10.00. The quantitative estimate of drug-likeness (QED) is 0.555. The molecule has 1 aromatic rings. The largest absolute Gasteiger partial charge is 0.228 e. The summed E-state index contributed by atoms with van der Waals surface area (Å²) in [5.41, 5.74) is 1.33. The van der Waals surface area contributed by atoms with Crippen LogP contribution in [0.15, 0.2) is 29.2 Å². The molecule has 0 radical (unpaired) electrons. The molecule has 0 bridgehead atoms. The zero-order valence-corrected chi connectivity index (χ0v) is 15.1. The lowest BCUT2D eigenvalue weighted by Gasteiger charge is -2.18. The first-order valence-electron chi connectivity index (χ1n) is 7.72. The summed E-state index contributed by atoms with van der Waals surface area (Å²) in [6.45, 7) is 5.33. The number of hydrogen-bond donors (Lipinski definition) is 1. The van der Waals surface area contributed by atoms with Crippen molar-refractivity contribution in [3.05, 3.63) is 29.8 Å². The highest BCUT2D eigenvalue weighted by Gasteiger charge is 2.27. The van der Waals surface area contributed by atoms with E-state index in [4.69, 9.17) is 0 Å². The molecule has 0 atom stereocenters. The number of aryl methyl sites for hydroxylation is 1. The smallest absolute Gasteiger partial charge is 0.155 e. The SMILES string of the molecule is CC(C)(C)S(=O)(=O)CCCCCCCc1cccc(S)c1. The minimum Gasteiger partial charge on any atom is -0.228 e. The van der Waals surface area contributed by atoms with Crippen LogP contribution in [0, 0.1) is 0 Å². The second-order valence-electron chi connectivity index (χ2n) is 6.62. The first-order valence-corrected chi connectivity index (χ1v) is 9.82. The average Bonchev–Trinajstić information content (AvgIpc) is 2.36. The standard InChI is InChI=1S/C17H28O2S2/c1-17(2,3)21(18,19)13-8-6-4-5-7-10-15-11-9-12-16(20)14-15/h9,11-12,14,20H,4-8,10,13H2,1-3H3. The van der Waals surface area contributed by atoms with Gasteiger partial charge in [-0.2, -0.15) is 0 Å². The maximum atomic E-state index is 12.0. The van der Waals surface area contributed by atoms with Crippen LogP contribution in [0.25, 0.3) is 0 Å². The van der Waals surface area contributed by atoms with E-state index in [0.717, 1.165) is 43.4 Å². The van der Waals surface area contributed by atoms with E-state index in [2.05, 4.69) is 24.8 Å². The number of unbranched alkanes of at least 4 members (excludes halogenated alkanes) is 4. The molecule has 0 saturated heterocycles. The van der Waals surface area contributed by atoms with Crippen LogP contribution in [0.5, 0.6) is 0 Å². The van der Waals surface area contributed by atoms with Gasteiger partial charge in [0.2, 0.25) is 0 Å². The van der Waals surface area contributed by atoms with Gasteiger partial charge in [-0.25, -0.2) is 8.42 Å². The van der Waals surface area contributed by atoms with E-state index in [0.29, 0.717) is 5.75 Å². The highest BCUT2D eigenvalue weighted by Crippen LogP contribution is 2.18. The van der Waals surface area contributed by atoms with Crippen LogP contribution in [0.1, 0.15) is 58.4 Å². The van der Waals surface area contributed by atoms with Crippen LogP contribution in [-0.4, -0.2) is 18.9 Å². The number of rotatable bonds is 8. The monoisotopic (exact) mass is 328 g/mol. The molecule has 0 aliphatic heterocycles. The van der Waals surface area contributed by atoms with E-state index >= 15 is 0 Å². The molecule has 21 heavy (non-hydrogen) atoms. The molecule has 2 nitrogen and oxygen atoms in total. The van der Waals surface area contributed by atoms with Crippen molar-refractivity contribution in [2.24, 2.45) is 0 Å². The van der Waals surface area contributed by atoms with Crippen LogP contribution in [0.4, 0.5) is 0 Å². The maximum absolute atomic E-state index is 12.0. The fraction of sp³-hybridized carbons (Fsp3) is 0.647. The van der Waals surface area contributed by atoms with Crippen molar-refractivity contribution >= 4 is 22.5 Å². The summed E-state index contributed by atoms with van der Waals surface area (Å²) in [7, 11) is -2.95. The van der Waals surface area contributed by atoms with Crippen LogP contribution in [0.2, 0.25) is 0 Å². The molecule has 4 heteroatoms. The van der Waals surface area contributed by atoms with E-state index < -0.39 is 14.6 Å². The molecule has 0 aliphatic carbocycles. The predicted molar refractivity (Wildman–Crippen MR) is 94.0 cm³/mol. The van der Waals surface area contributed by atoms with Gasteiger partial charge in [0, 0.05) is 4.90 Å². The molecule has 0 aliphatic rings. The van der Waals surface area contributed by atoms with Gasteiger partial charge in [0.1, 0.15) is 0 Å². The number of benzene rings is 1. The van der Waals surface area contributed by atoms with E-state index in [9.17, 15) is 8.42 Å². The minimum absolute atomic E-state index is 0.318. The van der Waals surface area contributed by atoms with Crippen LogP contribution < -0.4 is 0 Å². The highest BCUT2D eigenvalue weighted by atomic mass is 32.2. The summed E-state index contributed by atoms with van der Waals surface area (Å²) < 4.78 is 23.3. The van der Waals surface area contributed by atoms with Crippen molar-refractivity contribution in [1.29, 1.82) is 0 Å². The van der Waals surface area contributed by atoms with Crippen molar-refractivity contribution in [2.45, 2.75) is 68.9 Å². The fourth-order valence-corrected chi connectivity index (χ4v) is 3.62. The summed E-state index contributed by atoms with van der Waals surface area (Å²) in [5, 5.41) is 0. The van der Waals surface area contributed by atoms with Crippen LogP contribution in [0.3, 0.4) is 0 Å². The molecule has 0 aromatic heterocycles. The fourth-order valence-electron chi connectivity index (χ4n) is 2.17. The summed E-state index contributed by atoms with van der Waals surface area (Å²) in [6.07, 6.45) is 6.29. The molecule has 0 saturated carbocycles. The molecule has 0 unspecified atom stereocenters. The summed E-state index contributed by atoms with van der Waals surface area (Å²) in [6, 6.07) is 8.27. The molecule has 1 rings (SSSR count). The van der Waals surface area contributed by atoms with Gasteiger partial charge in [-0.15, -0.1) is 12.6 Å². The van der Waals surface area contributed by atoms with Gasteiger partial charge in [0.05, 0.1) is 10.5 Å². The molecule has 0 fully saturated rings. The number of thiol groups is 1. The Hall–Kier alpha value is -0.480. The second kappa shape index (κ2) is 8.23. The lowest BCUT2D eigenvalue weighted by atomic mass is 10.1. The van der Waals surface area contributed by atoms with Gasteiger partial charge < -0.3 is 0 Å². The zero-order valence-electron chi connectivity index (χ0n) is 13.4. The number of hydrogen-bond acceptors (Lipinski definition) is 3. The molecular weight excluding hydrogens is 300 g/mol. The zero-order chi connectivity index (χ0) is 15.9. The van der Waals surface area contributed by atoms with Gasteiger partial charge in [0.15, 0.2) is 9.84 Å². The van der Waals surface area contributed by atoms with E-state index in [1.54, 1.807) is 20.8 Å². The molecule has 0 heterocycles. The summed E-state index contributed by atoms with van der Waals surface area (Å²) in [5.74, 6) is 0.318. The van der Waals surface area contributed by atoms with E-state index in [1.807, 2.05) is 12.1 Å². The molecule has 1 aromatic carbocycles. The molecule has 120 valence electrons. The Morgan fingerprint density at radius 1 is 1.00 bits per heavy atom. The predicted octanol–water partition coefficient (Wildman–Crippen LogP) is 4.68. The van der Waals surface area contributed by atoms with E-state index in [1.165, 1.54) is 5.56 Å². The minimum atomic E-state index is -2.95. The van der Waals surface area contributed by atoms with Crippen molar-refractivity contribution in [2.75, 3.05) is 5.75 Å². The molecular formula is C17H28O2S2. The molecule has 0 N–H and O–H groups in total. The lowest BCUT2D eigenvalue weighted by molar-refractivity contribution is 0.552. The van der Waals surface area contributed by atoms with Gasteiger partial charge in [-0.05, 0) is 57.7 Å².